The predicted octanol–water partition coefficient (Wildman–Crippen LogP) is 1.98. The molecule has 0 radical (unpaired) electrons. The Morgan fingerprint density at radius 1 is 1.55 bits per heavy atom. The highest BCUT2D eigenvalue weighted by molar-refractivity contribution is 5.63. The fourth-order valence-electron chi connectivity index (χ4n) is 1.08. The first kappa shape index (κ1) is 6.22. The average molecular weight is 148 g/mol. The molecule has 3 nitrogen and oxygen atoms in total. The summed E-state index contributed by atoms with van der Waals surface area (Å²) in [4.78, 5) is 0. The number of hydrogen-bond acceptors (Lipinski definition) is 2. The third-order valence-corrected chi connectivity index (χ3v) is 1.67. The second-order valence-electron chi connectivity index (χ2n) is 2.38. The molecule has 0 saturated carbocycles. The maximum absolute atomic E-state index is 5.15. The Morgan fingerprint density at radius 2 is 2.45 bits per heavy atom. The number of nitrogens with zero attached hydrogens (tertiary/aromatic N) is 1. The van der Waals surface area contributed by atoms with E-state index in [-0.39, 0.29) is 0 Å². The number of aryl methyl sites for hydroxylation is 1. The lowest BCUT2D eigenvalue weighted by molar-refractivity contribution is 0.535. The van der Waals surface area contributed by atoms with Gasteiger partial charge in [0, 0.05) is 17.3 Å². The number of nitrogens with one attached hydrogen (secondary N) is 1. The molecular formula is C8H8N2O. The summed E-state index contributed by atoms with van der Waals surface area (Å²) in [6.07, 6.45) is 5.30. The maximum Gasteiger partial charge on any atom is 0.108 e. The number of rotatable bonds is 1. The minimum Gasteiger partial charge on any atom is -0.469 e. The first-order valence-corrected chi connectivity index (χ1v) is 3.41. The Kier molecular flexibility index (Phi) is 1.28. The monoisotopic (exact) mass is 148 g/mol. The van der Waals surface area contributed by atoms with Crippen LogP contribution in [0, 0.1) is 6.92 Å². The summed E-state index contributed by atoms with van der Waals surface area (Å²) in [6, 6.07) is 1.93. The highest BCUT2D eigenvalue weighted by atomic mass is 16.3. The van der Waals surface area contributed by atoms with Gasteiger partial charge in [-0.15, -0.1) is 0 Å². The van der Waals surface area contributed by atoms with Crippen LogP contribution in [0.2, 0.25) is 0 Å². The van der Waals surface area contributed by atoms with Crippen molar-refractivity contribution in [2.75, 3.05) is 0 Å². The van der Waals surface area contributed by atoms with Crippen LogP contribution in [-0.2, 0) is 0 Å². The molecule has 2 aromatic heterocycles. The number of aromatic amines is 1. The molecule has 3 heteroatoms. The van der Waals surface area contributed by atoms with E-state index in [0.717, 1.165) is 16.9 Å². The van der Waals surface area contributed by atoms with Gasteiger partial charge in [0.05, 0.1) is 12.5 Å². The van der Waals surface area contributed by atoms with Crippen LogP contribution in [0.5, 0.6) is 0 Å². The van der Waals surface area contributed by atoms with Gasteiger partial charge < -0.3 is 4.42 Å². The van der Waals surface area contributed by atoms with Crippen LogP contribution in [0.1, 0.15) is 5.76 Å². The van der Waals surface area contributed by atoms with E-state index in [9.17, 15) is 0 Å². The van der Waals surface area contributed by atoms with Crippen LogP contribution in [0.3, 0.4) is 0 Å². The third kappa shape index (κ3) is 0.941. The summed E-state index contributed by atoms with van der Waals surface area (Å²) in [5, 5.41) is 6.61. The van der Waals surface area contributed by atoms with Crippen molar-refractivity contribution in [2.45, 2.75) is 6.92 Å². The molecule has 0 aliphatic rings. The number of aromatic nitrogens is 2. The van der Waals surface area contributed by atoms with Crippen LogP contribution >= 0.6 is 0 Å². The fourth-order valence-corrected chi connectivity index (χ4v) is 1.08. The molecular weight excluding hydrogens is 140 g/mol. The minimum atomic E-state index is 0.923. The summed E-state index contributed by atoms with van der Waals surface area (Å²) in [5.41, 5.74) is 2.16. The van der Waals surface area contributed by atoms with Gasteiger partial charge >= 0.3 is 0 Å². The van der Waals surface area contributed by atoms with Gasteiger partial charge in [0.15, 0.2) is 0 Å². The predicted molar refractivity (Wildman–Crippen MR) is 41.0 cm³/mol. The highest BCUT2D eigenvalue weighted by Gasteiger charge is 2.03. The zero-order valence-electron chi connectivity index (χ0n) is 6.16. The molecule has 0 saturated heterocycles. The Morgan fingerprint density at radius 3 is 3.00 bits per heavy atom. The average Bonchev–Trinajstić information content (AvgIpc) is 2.55. The highest BCUT2D eigenvalue weighted by Crippen LogP contribution is 2.22. The quantitative estimate of drug-likeness (QED) is 0.671. The smallest absolute Gasteiger partial charge is 0.108 e. The van der Waals surface area contributed by atoms with E-state index in [1.54, 1.807) is 12.5 Å². The molecule has 11 heavy (non-hydrogen) atoms. The molecule has 0 unspecified atom stereocenters. The van der Waals surface area contributed by atoms with Gasteiger partial charge in [-0.3, -0.25) is 5.10 Å². The fraction of sp³-hybridized carbons (Fsp3) is 0.125. The topological polar surface area (TPSA) is 41.8 Å². The molecule has 2 aromatic rings. The van der Waals surface area contributed by atoms with Crippen molar-refractivity contribution in [1.29, 1.82) is 0 Å². The van der Waals surface area contributed by atoms with Gasteiger partial charge in [0.25, 0.3) is 0 Å². The largest absolute Gasteiger partial charge is 0.469 e. The minimum absolute atomic E-state index is 0.923. The molecule has 0 aromatic carbocycles. The summed E-state index contributed by atoms with van der Waals surface area (Å²) in [7, 11) is 0. The zero-order valence-corrected chi connectivity index (χ0v) is 6.16. The molecule has 1 N–H and O–H groups in total. The van der Waals surface area contributed by atoms with Gasteiger partial charge in [0.2, 0.25) is 0 Å². The zero-order chi connectivity index (χ0) is 7.68. The number of furan rings is 1. The molecule has 0 fully saturated rings. The van der Waals surface area contributed by atoms with Crippen LogP contribution < -0.4 is 0 Å². The van der Waals surface area contributed by atoms with Crippen LogP contribution in [-0.4, -0.2) is 10.2 Å². The van der Waals surface area contributed by atoms with E-state index in [4.69, 9.17) is 4.42 Å². The molecule has 56 valence electrons. The standard InChI is InChI=1S/C8H8N2O/c1-6-8(2-3-11-6)7-4-9-10-5-7/h2-5H,1H3,(H,9,10). The molecule has 2 rings (SSSR count). The van der Waals surface area contributed by atoms with Crippen LogP contribution in [0.15, 0.2) is 29.1 Å². The van der Waals surface area contributed by atoms with E-state index >= 15 is 0 Å². The lowest BCUT2D eigenvalue weighted by Gasteiger charge is -1.89. The molecule has 0 bridgehead atoms. The van der Waals surface area contributed by atoms with Crippen molar-refractivity contribution < 1.29 is 4.42 Å². The lowest BCUT2D eigenvalue weighted by atomic mass is 10.1. The molecule has 0 spiro atoms. The van der Waals surface area contributed by atoms with E-state index < -0.39 is 0 Å². The summed E-state index contributed by atoms with van der Waals surface area (Å²) >= 11 is 0. The van der Waals surface area contributed by atoms with E-state index in [2.05, 4.69) is 10.2 Å². The first-order valence-electron chi connectivity index (χ1n) is 3.41. The van der Waals surface area contributed by atoms with Gasteiger partial charge in [-0.1, -0.05) is 0 Å². The van der Waals surface area contributed by atoms with E-state index in [1.165, 1.54) is 0 Å². The molecule has 2 heterocycles. The van der Waals surface area contributed by atoms with Crippen molar-refractivity contribution in [3.05, 3.63) is 30.5 Å². The number of hydrogen-bond donors (Lipinski definition) is 1. The first-order chi connectivity index (χ1) is 5.38. The lowest BCUT2D eigenvalue weighted by Crippen LogP contribution is -1.70. The Balaban J connectivity index is 2.53. The van der Waals surface area contributed by atoms with Gasteiger partial charge in [-0.25, -0.2) is 0 Å². The molecule has 0 atom stereocenters. The Labute approximate surface area is 64.0 Å². The normalized spacial score (nSPS) is 10.3. The SMILES string of the molecule is Cc1occc1-c1cn[nH]c1. The molecule has 0 aliphatic carbocycles. The van der Waals surface area contributed by atoms with Crippen molar-refractivity contribution in [2.24, 2.45) is 0 Å². The number of H-pyrrole nitrogens is 1. The summed E-state index contributed by atoms with van der Waals surface area (Å²) in [5.74, 6) is 0.923. The molecule has 0 amide bonds. The molecule has 0 aliphatic heterocycles. The van der Waals surface area contributed by atoms with Crippen molar-refractivity contribution in [1.82, 2.24) is 10.2 Å². The Hall–Kier alpha value is -1.51. The second kappa shape index (κ2) is 2.27. The second-order valence-corrected chi connectivity index (χ2v) is 2.38. The summed E-state index contributed by atoms with van der Waals surface area (Å²) < 4.78 is 5.15. The van der Waals surface area contributed by atoms with E-state index in [0.29, 0.717) is 0 Å². The van der Waals surface area contributed by atoms with Crippen LogP contribution in [0.4, 0.5) is 0 Å². The van der Waals surface area contributed by atoms with Crippen molar-refractivity contribution >= 4 is 0 Å². The van der Waals surface area contributed by atoms with Crippen LogP contribution in [0.25, 0.3) is 11.1 Å². The third-order valence-electron chi connectivity index (χ3n) is 1.67. The van der Waals surface area contributed by atoms with Gasteiger partial charge in [-0.05, 0) is 13.0 Å². The van der Waals surface area contributed by atoms with Gasteiger partial charge in [0.1, 0.15) is 5.76 Å². The van der Waals surface area contributed by atoms with E-state index in [1.807, 2.05) is 19.2 Å². The van der Waals surface area contributed by atoms with Crippen molar-refractivity contribution in [3.8, 4) is 11.1 Å². The summed E-state index contributed by atoms with van der Waals surface area (Å²) in [6.45, 7) is 1.93. The van der Waals surface area contributed by atoms with Gasteiger partial charge in [-0.2, -0.15) is 5.10 Å². The van der Waals surface area contributed by atoms with Crippen molar-refractivity contribution in [3.63, 3.8) is 0 Å². The Bertz CT molecular complexity index is 335. The maximum atomic E-state index is 5.15.